The van der Waals surface area contributed by atoms with E-state index in [2.05, 4.69) is 5.32 Å². The Morgan fingerprint density at radius 2 is 1.75 bits per heavy atom. The number of carbonyl (C=O) groups excluding carboxylic acids is 1. The van der Waals surface area contributed by atoms with E-state index in [1.165, 1.54) is 38.5 Å². The maximum absolute atomic E-state index is 11.8. The number of amides is 1. The van der Waals surface area contributed by atoms with E-state index in [9.17, 15) is 4.79 Å². The van der Waals surface area contributed by atoms with E-state index in [4.69, 9.17) is 0 Å². The Morgan fingerprint density at radius 3 is 2.31 bits per heavy atom. The minimum Gasteiger partial charge on any atom is -0.342 e. The van der Waals surface area contributed by atoms with Gasteiger partial charge in [-0.05, 0) is 38.1 Å². The fourth-order valence-corrected chi connectivity index (χ4v) is 2.14. The molecule has 0 unspecified atom stereocenters. The van der Waals surface area contributed by atoms with Gasteiger partial charge in [-0.25, -0.2) is 0 Å². The quantitative estimate of drug-likeness (QED) is 0.821. The van der Waals surface area contributed by atoms with Crippen LogP contribution >= 0.6 is 12.4 Å². The van der Waals surface area contributed by atoms with E-state index in [0.717, 1.165) is 25.6 Å². The van der Waals surface area contributed by atoms with Crippen LogP contribution in [0.25, 0.3) is 0 Å². The Bertz CT molecular complexity index is 211. The lowest BCUT2D eigenvalue weighted by Gasteiger charge is -2.20. The van der Waals surface area contributed by atoms with Crippen molar-refractivity contribution < 1.29 is 4.79 Å². The Labute approximate surface area is 104 Å². The lowest BCUT2D eigenvalue weighted by Crippen LogP contribution is -2.39. The van der Waals surface area contributed by atoms with Crippen LogP contribution < -0.4 is 5.32 Å². The number of hydrogen-bond acceptors (Lipinski definition) is 2. The summed E-state index contributed by atoms with van der Waals surface area (Å²) in [5.74, 6) is 1.17. The van der Waals surface area contributed by atoms with Crippen LogP contribution in [0.1, 0.15) is 38.5 Å². The Hall–Kier alpha value is -0.280. The van der Waals surface area contributed by atoms with Crippen molar-refractivity contribution in [3.8, 4) is 0 Å². The van der Waals surface area contributed by atoms with Gasteiger partial charge in [0.15, 0.2) is 0 Å². The highest BCUT2D eigenvalue weighted by Gasteiger charge is 2.21. The molecule has 0 aromatic heterocycles. The van der Waals surface area contributed by atoms with Gasteiger partial charge in [-0.2, -0.15) is 0 Å². The summed E-state index contributed by atoms with van der Waals surface area (Å²) in [6, 6.07) is 0. The molecule has 94 valence electrons. The lowest BCUT2D eigenvalue weighted by atomic mass is 10.2. The molecule has 2 aliphatic rings. The molecule has 0 aromatic rings. The molecule has 0 atom stereocenters. The molecule has 1 aliphatic carbocycles. The third-order valence-electron chi connectivity index (χ3n) is 3.36. The highest BCUT2D eigenvalue weighted by Crippen LogP contribution is 2.27. The number of nitrogens with zero attached hydrogens (tertiary/aromatic N) is 1. The Balaban J connectivity index is 0.00000128. The number of carbonyl (C=O) groups is 1. The van der Waals surface area contributed by atoms with E-state index in [-0.39, 0.29) is 12.4 Å². The van der Waals surface area contributed by atoms with Gasteiger partial charge in [-0.1, -0.05) is 12.8 Å². The third kappa shape index (κ3) is 4.71. The molecule has 0 radical (unpaired) electrons. The normalized spacial score (nSPS) is 21.1. The second-order valence-corrected chi connectivity index (χ2v) is 4.87. The highest BCUT2D eigenvalue weighted by atomic mass is 35.5. The van der Waals surface area contributed by atoms with Crippen LogP contribution in [-0.2, 0) is 4.79 Å². The summed E-state index contributed by atoms with van der Waals surface area (Å²) < 4.78 is 0. The zero-order chi connectivity index (χ0) is 10.5. The van der Waals surface area contributed by atoms with Crippen LogP contribution in [-0.4, -0.2) is 37.0 Å². The average Bonchev–Trinajstić information content (AvgIpc) is 3.04. The van der Waals surface area contributed by atoms with E-state index < -0.39 is 0 Å². The van der Waals surface area contributed by atoms with Crippen LogP contribution in [0, 0.1) is 5.92 Å². The molecule has 2 fully saturated rings. The first kappa shape index (κ1) is 13.8. The van der Waals surface area contributed by atoms with Crippen molar-refractivity contribution in [3.05, 3.63) is 0 Å². The summed E-state index contributed by atoms with van der Waals surface area (Å²) in [6.07, 6.45) is 7.66. The maximum Gasteiger partial charge on any atom is 0.236 e. The molecule has 1 saturated carbocycles. The molecule has 2 rings (SSSR count). The molecular formula is C12H23ClN2O. The van der Waals surface area contributed by atoms with Gasteiger partial charge in [0.2, 0.25) is 5.91 Å². The number of likely N-dealkylation sites (tertiary alicyclic amines) is 1. The van der Waals surface area contributed by atoms with Crippen LogP contribution in [0.5, 0.6) is 0 Å². The molecule has 4 heteroatoms. The predicted octanol–water partition coefficient (Wildman–Crippen LogP) is 1.81. The van der Waals surface area contributed by atoms with Gasteiger partial charge in [0, 0.05) is 13.1 Å². The molecule has 16 heavy (non-hydrogen) atoms. The second-order valence-electron chi connectivity index (χ2n) is 4.87. The summed E-state index contributed by atoms with van der Waals surface area (Å²) in [4.78, 5) is 13.9. The van der Waals surface area contributed by atoms with Gasteiger partial charge < -0.3 is 10.2 Å². The first-order chi connectivity index (χ1) is 7.36. The molecule has 3 nitrogen and oxygen atoms in total. The van der Waals surface area contributed by atoms with Crippen molar-refractivity contribution >= 4 is 18.3 Å². The fraction of sp³-hybridized carbons (Fsp3) is 0.917. The molecule has 1 saturated heterocycles. The van der Waals surface area contributed by atoms with Gasteiger partial charge in [0.05, 0.1) is 6.54 Å². The zero-order valence-corrected chi connectivity index (χ0v) is 10.7. The number of hydrogen-bond donors (Lipinski definition) is 1. The van der Waals surface area contributed by atoms with Crippen LogP contribution in [0.3, 0.4) is 0 Å². The molecule has 1 heterocycles. The lowest BCUT2D eigenvalue weighted by molar-refractivity contribution is -0.130. The minimum absolute atomic E-state index is 0. The monoisotopic (exact) mass is 246 g/mol. The summed E-state index contributed by atoms with van der Waals surface area (Å²) >= 11 is 0. The van der Waals surface area contributed by atoms with Crippen LogP contribution in [0.2, 0.25) is 0 Å². The van der Waals surface area contributed by atoms with E-state index in [0.29, 0.717) is 12.5 Å². The molecule has 1 aliphatic heterocycles. The molecular weight excluding hydrogens is 224 g/mol. The van der Waals surface area contributed by atoms with Crippen molar-refractivity contribution in [1.29, 1.82) is 0 Å². The first-order valence-corrected chi connectivity index (χ1v) is 6.35. The number of rotatable bonds is 4. The van der Waals surface area contributed by atoms with Crippen molar-refractivity contribution in [2.75, 3.05) is 26.2 Å². The van der Waals surface area contributed by atoms with Gasteiger partial charge in [0.25, 0.3) is 0 Å². The second kappa shape index (κ2) is 7.13. The SMILES string of the molecule is Cl.O=C(CNCC1CC1)N1CCCCCC1. The summed E-state index contributed by atoms with van der Waals surface area (Å²) in [6.45, 7) is 3.55. The molecule has 0 spiro atoms. The maximum atomic E-state index is 11.8. The molecule has 1 amide bonds. The van der Waals surface area contributed by atoms with Gasteiger partial charge in [-0.3, -0.25) is 4.79 Å². The van der Waals surface area contributed by atoms with Crippen molar-refractivity contribution in [2.24, 2.45) is 5.92 Å². The highest BCUT2D eigenvalue weighted by molar-refractivity contribution is 5.85. The average molecular weight is 247 g/mol. The minimum atomic E-state index is 0. The van der Waals surface area contributed by atoms with E-state index in [1.54, 1.807) is 0 Å². The summed E-state index contributed by atoms with van der Waals surface area (Å²) in [5.41, 5.74) is 0. The van der Waals surface area contributed by atoms with Crippen molar-refractivity contribution in [1.82, 2.24) is 10.2 Å². The summed E-state index contributed by atoms with van der Waals surface area (Å²) in [5, 5.41) is 3.27. The topological polar surface area (TPSA) is 32.3 Å². The van der Waals surface area contributed by atoms with E-state index in [1.807, 2.05) is 4.90 Å². The standard InChI is InChI=1S/C12H22N2O.ClH/c15-12(10-13-9-11-5-6-11)14-7-3-1-2-4-8-14;/h11,13H,1-10H2;1H. The smallest absolute Gasteiger partial charge is 0.236 e. The Morgan fingerprint density at radius 1 is 1.12 bits per heavy atom. The third-order valence-corrected chi connectivity index (χ3v) is 3.36. The van der Waals surface area contributed by atoms with Gasteiger partial charge >= 0.3 is 0 Å². The molecule has 1 N–H and O–H groups in total. The van der Waals surface area contributed by atoms with Gasteiger partial charge in [0.1, 0.15) is 0 Å². The number of halogens is 1. The van der Waals surface area contributed by atoms with Crippen molar-refractivity contribution in [2.45, 2.75) is 38.5 Å². The zero-order valence-electron chi connectivity index (χ0n) is 9.91. The fourth-order valence-electron chi connectivity index (χ4n) is 2.14. The Kier molecular flexibility index (Phi) is 6.14. The van der Waals surface area contributed by atoms with E-state index >= 15 is 0 Å². The first-order valence-electron chi connectivity index (χ1n) is 6.35. The number of nitrogens with one attached hydrogen (secondary N) is 1. The predicted molar refractivity (Wildman–Crippen MR) is 67.9 cm³/mol. The van der Waals surface area contributed by atoms with Gasteiger partial charge in [-0.15, -0.1) is 12.4 Å². The van der Waals surface area contributed by atoms with Crippen LogP contribution in [0.4, 0.5) is 0 Å². The largest absolute Gasteiger partial charge is 0.342 e. The molecule has 0 bridgehead atoms. The van der Waals surface area contributed by atoms with Crippen LogP contribution in [0.15, 0.2) is 0 Å². The summed E-state index contributed by atoms with van der Waals surface area (Å²) in [7, 11) is 0. The van der Waals surface area contributed by atoms with Crippen molar-refractivity contribution in [3.63, 3.8) is 0 Å². The molecule has 0 aromatic carbocycles.